The van der Waals surface area contributed by atoms with Gasteiger partial charge < -0.3 is 5.11 Å². The molecule has 124 valence electrons. The molecule has 24 heavy (non-hydrogen) atoms. The molecule has 0 bridgehead atoms. The van der Waals surface area contributed by atoms with E-state index in [-0.39, 0.29) is 0 Å². The van der Waals surface area contributed by atoms with E-state index in [4.69, 9.17) is 0 Å². The summed E-state index contributed by atoms with van der Waals surface area (Å²) >= 11 is 0. The average molecular weight is 321 g/mol. The lowest BCUT2D eigenvalue weighted by molar-refractivity contribution is -0.661. The fourth-order valence-corrected chi connectivity index (χ4v) is 4.00. The Hall–Kier alpha value is -2.13. The van der Waals surface area contributed by atoms with Crippen molar-refractivity contribution in [3.05, 3.63) is 65.7 Å². The number of benzene rings is 2. The molecule has 3 heteroatoms. The normalized spacial score (nSPS) is 23.5. The Labute approximate surface area is 143 Å². The van der Waals surface area contributed by atoms with E-state index in [1.54, 1.807) is 0 Å². The minimum atomic E-state index is -0.930. The molecule has 2 aliphatic heterocycles. The summed E-state index contributed by atoms with van der Waals surface area (Å²) in [4.78, 5) is 2.31. The van der Waals surface area contributed by atoms with Crippen molar-refractivity contribution in [2.24, 2.45) is 0 Å². The van der Waals surface area contributed by atoms with Crippen LogP contribution in [-0.4, -0.2) is 28.6 Å². The third-order valence-corrected chi connectivity index (χ3v) is 5.37. The minimum absolute atomic E-state index is 0.595. The van der Waals surface area contributed by atoms with Crippen LogP contribution in [0.1, 0.15) is 37.3 Å². The Bertz CT molecular complexity index is 751. The Morgan fingerprint density at radius 1 is 1.04 bits per heavy atom. The number of rotatable bonds is 3. The highest BCUT2D eigenvalue weighted by atomic mass is 16.3. The van der Waals surface area contributed by atoms with E-state index in [0.717, 1.165) is 31.4 Å². The maximum Gasteiger partial charge on any atom is 0.271 e. The number of hydrogen-bond acceptors (Lipinski definition) is 2. The third-order valence-electron chi connectivity index (χ3n) is 5.37. The summed E-state index contributed by atoms with van der Waals surface area (Å²) < 4.78 is 2.22. The topological polar surface area (TPSA) is 26.5 Å². The summed E-state index contributed by atoms with van der Waals surface area (Å²) in [5, 5.41) is 11.6. The van der Waals surface area contributed by atoms with Crippen molar-refractivity contribution in [2.75, 3.05) is 18.0 Å². The SMILES string of the molecule is CCc1ccc(N2C[C@](O)(c3ccccc3)[N+]3=C2CCCC3)cc1. The molecule has 1 atom stereocenters. The van der Waals surface area contributed by atoms with Crippen molar-refractivity contribution in [1.29, 1.82) is 0 Å². The van der Waals surface area contributed by atoms with Crippen molar-refractivity contribution in [1.82, 2.24) is 0 Å². The van der Waals surface area contributed by atoms with Crippen LogP contribution in [0.4, 0.5) is 5.69 Å². The molecule has 2 aromatic carbocycles. The molecule has 0 saturated carbocycles. The molecule has 0 unspecified atom stereocenters. The van der Waals surface area contributed by atoms with Gasteiger partial charge in [-0.3, -0.25) is 0 Å². The monoisotopic (exact) mass is 321 g/mol. The largest absolute Gasteiger partial charge is 0.346 e. The molecule has 0 radical (unpaired) electrons. The van der Waals surface area contributed by atoms with Crippen LogP contribution in [0.15, 0.2) is 54.6 Å². The highest BCUT2D eigenvalue weighted by Crippen LogP contribution is 2.35. The quantitative estimate of drug-likeness (QED) is 0.876. The van der Waals surface area contributed by atoms with E-state index in [1.165, 1.54) is 23.5 Å². The van der Waals surface area contributed by atoms with Gasteiger partial charge in [-0.25, -0.2) is 9.48 Å². The molecule has 0 saturated heterocycles. The Morgan fingerprint density at radius 3 is 2.50 bits per heavy atom. The zero-order valence-corrected chi connectivity index (χ0v) is 14.3. The Balaban J connectivity index is 1.76. The van der Waals surface area contributed by atoms with Crippen molar-refractivity contribution in [3.8, 4) is 0 Å². The van der Waals surface area contributed by atoms with Crippen molar-refractivity contribution in [2.45, 2.75) is 38.3 Å². The van der Waals surface area contributed by atoms with Crippen molar-refractivity contribution in [3.63, 3.8) is 0 Å². The van der Waals surface area contributed by atoms with Gasteiger partial charge in [0.05, 0.1) is 6.54 Å². The van der Waals surface area contributed by atoms with Crippen LogP contribution < -0.4 is 4.90 Å². The Kier molecular flexibility index (Phi) is 3.89. The van der Waals surface area contributed by atoms with Crippen LogP contribution in [0.2, 0.25) is 0 Å². The number of nitrogens with zero attached hydrogens (tertiary/aromatic N) is 2. The predicted molar refractivity (Wildman–Crippen MR) is 97.5 cm³/mol. The van der Waals surface area contributed by atoms with Crippen LogP contribution in [0.25, 0.3) is 0 Å². The third kappa shape index (κ3) is 2.44. The molecule has 2 aromatic rings. The molecule has 0 amide bonds. The number of β-amino-alcohol motifs (C(OH)–C–C–N with tert-alkyl or cyclic N) is 1. The Morgan fingerprint density at radius 2 is 1.79 bits per heavy atom. The maximum absolute atomic E-state index is 11.6. The van der Waals surface area contributed by atoms with Gasteiger partial charge in [0.25, 0.3) is 11.6 Å². The number of aryl methyl sites for hydroxylation is 1. The van der Waals surface area contributed by atoms with Crippen LogP contribution in [0.3, 0.4) is 0 Å². The van der Waals surface area contributed by atoms with Gasteiger partial charge in [-0.1, -0.05) is 49.4 Å². The molecular formula is C21H25N2O+. The van der Waals surface area contributed by atoms with E-state index >= 15 is 0 Å². The zero-order valence-electron chi connectivity index (χ0n) is 14.3. The standard InChI is InChI=1S/C21H25N2O/c1-2-17-11-13-19(14-12-17)22-16-21(24,18-8-4-3-5-9-18)23-15-7-6-10-20(22)23/h3-5,8-9,11-14,24H,2,6-7,10,15-16H2,1H3/q+1/t21-/m0/s1. The number of aliphatic hydroxyl groups is 1. The van der Waals surface area contributed by atoms with Gasteiger partial charge in [-0.05, 0) is 37.0 Å². The number of hydrogen-bond donors (Lipinski definition) is 1. The lowest BCUT2D eigenvalue weighted by Crippen LogP contribution is -2.41. The second kappa shape index (κ2) is 6.06. The first-order valence-corrected chi connectivity index (χ1v) is 9.00. The zero-order chi connectivity index (χ0) is 16.6. The molecule has 0 aromatic heterocycles. The molecule has 3 nitrogen and oxygen atoms in total. The minimum Gasteiger partial charge on any atom is -0.346 e. The predicted octanol–water partition coefficient (Wildman–Crippen LogP) is 3.51. The van der Waals surface area contributed by atoms with Crippen molar-refractivity contribution < 1.29 is 9.68 Å². The molecule has 1 N–H and O–H groups in total. The molecule has 2 aliphatic rings. The molecular weight excluding hydrogens is 296 g/mol. The number of anilines is 1. The van der Waals surface area contributed by atoms with Crippen LogP contribution in [-0.2, 0) is 12.1 Å². The van der Waals surface area contributed by atoms with E-state index in [2.05, 4.69) is 40.7 Å². The van der Waals surface area contributed by atoms with Crippen LogP contribution >= 0.6 is 0 Å². The molecule has 0 fully saturated rings. The fourth-order valence-electron chi connectivity index (χ4n) is 4.00. The van der Waals surface area contributed by atoms with E-state index in [9.17, 15) is 5.11 Å². The fraction of sp³-hybridized carbons (Fsp3) is 0.381. The molecule has 4 rings (SSSR count). The first kappa shape index (κ1) is 15.4. The summed E-state index contributed by atoms with van der Waals surface area (Å²) in [5.74, 6) is 1.26. The lowest BCUT2D eigenvalue weighted by atomic mass is 10.0. The first-order valence-electron chi connectivity index (χ1n) is 9.00. The maximum atomic E-state index is 11.6. The van der Waals surface area contributed by atoms with Gasteiger partial charge in [0.1, 0.15) is 5.69 Å². The summed E-state index contributed by atoms with van der Waals surface area (Å²) in [6.07, 6.45) is 4.42. The summed E-state index contributed by atoms with van der Waals surface area (Å²) in [5.41, 5.74) is 2.58. The molecule has 0 spiro atoms. The highest BCUT2D eigenvalue weighted by molar-refractivity contribution is 5.96. The first-order chi connectivity index (χ1) is 11.7. The van der Waals surface area contributed by atoms with Crippen LogP contribution in [0.5, 0.6) is 0 Å². The molecule has 0 aliphatic carbocycles. The summed E-state index contributed by atoms with van der Waals surface area (Å²) in [6, 6.07) is 18.9. The summed E-state index contributed by atoms with van der Waals surface area (Å²) in [6.45, 7) is 3.69. The van der Waals surface area contributed by atoms with Gasteiger partial charge in [-0.2, -0.15) is 0 Å². The highest BCUT2D eigenvalue weighted by Gasteiger charge is 2.52. The van der Waals surface area contributed by atoms with Crippen molar-refractivity contribution >= 4 is 11.5 Å². The van der Waals surface area contributed by atoms with Gasteiger partial charge >= 0.3 is 0 Å². The lowest BCUT2D eigenvalue weighted by Gasteiger charge is -2.24. The van der Waals surface area contributed by atoms with Gasteiger partial charge in [0.2, 0.25) is 0 Å². The summed E-state index contributed by atoms with van der Waals surface area (Å²) in [7, 11) is 0. The van der Waals surface area contributed by atoms with E-state index in [0.29, 0.717) is 6.54 Å². The van der Waals surface area contributed by atoms with E-state index in [1.807, 2.05) is 30.3 Å². The second-order valence-corrected chi connectivity index (χ2v) is 6.81. The second-order valence-electron chi connectivity index (χ2n) is 6.81. The average Bonchev–Trinajstić information content (AvgIpc) is 2.97. The van der Waals surface area contributed by atoms with Crippen LogP contribution in [0, 0.1) is 0 Å². The van der Waals surface area contributed by atoms with Gasteiger partial charge in [0, 0.05) is 12.0 Å². The molecule has 2 heterocycles. The van der Waals surface area contributed by atoms with Gasteiger partial charge in [0.15, 0.2) is 6.54 Å². The smallest absolute Gasteiger partial charge is 0.271 e. The number of amidine groups is 1. The van der Waals surface area contributed by atoms with Gasteiger partial charge in [-0.15, -0.1) is 0 Å². The van der Waals surface area contributed by atoms with E-state index < -0.39 is 5.72 Å².